The maximum atomic E-state index is 5.04. The van der Waals surface area contributed by atoms with Crippen LogP contribution in [0.25, 0.3) is 11.3 Å². The molecule has 0 aliphatic carbocycles. The van der Waals surface area contributed by atoms with E-state index in [0.717, 1.165) is 28.2 Å². The Morgan fingerprint density at radius 3 is 2.60 bits per heavy atom. The van der Waals surface area contributed by atoms with Gasteiger partial charge in [0.2, 0.25) is 0 Å². The summed E-state index contributed by atoms with van der Waals surface area (Å²) in [6, 6.07) is 1.88. The van der Waals surface area contributed by atoms with Gasteiger partial charge in [-0.2, -0.15) is 0 Å². The first kappa shape index (κ1) is 9.71. The van der Waals surface area contributed by atoms with Crippen LogP contribution >= 0.6 is 0 Å². The zero-order valence-corrected chi connectivity index (χ0v) is 9.03. The topological polar surface area (TPSA) is 51.0 Å². The Balaban J connectivity index is 2.56. The van der Waals surface area contributed by atoms with Crippen molar-refractivity contribution in [2.75, 3.05) is 12.4 Å². The molecular formula is C11H13N3O. The molecule has 0 atom stereocenters. The molecule has 1 N–H and O–H groups in total. The summed E-state index contributed by atoms with van der Waals surface area (Å²) >= 11 is 0. The predicted molar refractivity (Wildman–Crippen MR) is 58.8 cm³/mol. The molecule has 0 spiro atoms. The van der Waals surface area contributed by atoms with Gasteiger partial charge in [-0.25, -0.2) is 0 Å². The number of furan rings is 1. The Kier molecular flexibility index (Phi) is 2.41. The zero-order chi connectivity index (χ0) is 10.8. The molecule has 0 unspecified atom stereocenters. The highest BCUT2D eigenvalue weighted by Gasteiger charge is 2.10. The van der Waals surface area contributed by atoms with Crippen LogP contribution in [0.2, 0.25) is 0 Å². The number of hydrogen-bond donors (Lipinski definition) is 1. The van der Waals surface area contributed by atoms with Gasteiger partial charge in [0, 0.05) is 12.6 Å². The smallest absolute Gasteiger partial charge is 0.151 e. The minimum atomic E-state index is 0.819. The van der Waals surface area contributed by atoms with Crippen LogP contribution in [-0.2, 0) is 0 Å². The van der Waals surface area contributed by atoms with Crippen LogP contribution in [0.1, 0.15) is 11.1 Å². The third kappa shape index (κ3) is 1.58. The van der Waals surface area contributed by atoms with Crippen molar-refractivity contribution < 1.29 is 4.42 Å². The molecule has 0 fully saturated rings. The number of nitrogens with zero attached hydrogens (tertiary/aromatic N) is 2. The van der Waals surface area contributed by atoms with Crippen LogP contribution in [0.3, 0.4) is 0 Å². The Morgan fingerprint density at radius 1 is 1.20 bits per heavy atom. The molecule has 4 nitrogen and oxygen atoms in total. The molecule has 15 heavy (non-hydrogen) atoms. The van der Waals surface area contributed by atoms with E-state index in [2.05, 4.69) is 15.5 Å². The first-order chi connectivity index (χ1) is 7.24. The Bertz CT molecular complexity index is 463. The maximum Gasteiger partial charge on any atom is 0.151 e. The summed E-state index contributed by atoms with van der Waals surface area (Å²) in [4.78, 5) is 0. The second kappa shape index (κ2) is 3.73. The van der Waals surface area contributed by atoms with Crippen LogP contribution < -0.4 is 5.32 Å². The van der Waals surface area contributed by atoms with Crippen molar-refractivity contribution in [3.8, 4) is 11.3 Å². The minimum Gasteiger partial charge on any atom is -0.472 e. The lowest BCUT2D eigenvalue weighted by molar-refractivity contribution is 0.568. The van der Waals surface area contributed by atoms with E-state index in [4.69, 9.17) is 4.42 Å². The molecule has 4 heteroatoms. The van der Waals surface area contributed by atoms with Crippen molar-refractivity contribution in [1.82, 2.24) is 10.2 Å². The predicted octanol–water partition coefficient (Wildman–Crippen LogP) is 2.40. The molecule has 0 radical (unpaired) electrons. The third-order valence-electron chi connectivity index (χ3n) is 2.55. The summed E-state index contributed by atoms with van der Waals surface area (Å²) in [7, 11) is 1.84. The largest absolute Gasteiger partial charge is 0.472 e. The first-order valence-electron chi connectivity index (χ1n) is 4.78. The summed E-state index contributed by atoms with van der Waals surface area (Å²) in [6.45, 7) is 4.06. The van der Waals surface area contributed by atoms with Gasteiger partial charge in [0.05, 0.1) is 18.2 Å². The molecule has 0 aliphatic heterocycles. The average Bonchev–Trinajstić information content (AvgIpc) is 2.75. The SMILES string of the molecule is CNc1nnc(-c2ccoc2)c(C)c1C. The molecular weight excluding hydrogens is 190 g/mol. The molecule has 0 aliphatic rings. The summed E-state index contributed by atoms with van der Waals surface area (Å²) in [6.07, 6.45) is 3.31. The van der Waals surface area contributed by atoms with E-state index < -0.39 is 0 Å². The molecule has 2 heterocycles. The highest BCUT2D eigenvalue weighted by atomic mass is 16.3. The lowest BCUT2D eigenvalue weighted by atomic mass is 10.1. The molecule has 0 amide bonds. The lowest BCUT2D eigenvalue weighted by Crippen LogP contribution is -2.02. The molecule has 0 bridgehead atoms. The van der Waals surface area contributed by atoms with Gasteiger partial charge >= 0.3 is 0 Å². The molecule has 2 rings (SSSR count). The molecule has 78 valence electrons. The maximum absolute atomic E-state index is 5.04. The van der Waals surface area contributed by atoms with Gasteiger partial charge < -0.3 is 9.73 Å². The van der Waals surface area contributed by atoms with Crippen LogP contribution in [-0.4, -0.2) is 17.2 Å². The third-order valence-corrected chi connectivity index (χ3v) is 2.55. The van der Waals surface area contributed by atoms with Gasteiger partial charge in [-0.3, -0.25) is 0 Å². The van der Waals surface area contributed by atoms with Crippen LogP contribution in [0.15, 0.2) is 23.0 Å². The average molecular weight is 203 g/mol. The summed E-state index contributed by atoms with van der Waals surface area (Å²) in [5.74, 6) is 0.819. The van der Waals surface area contributed by atoms with E-state index >= 15 is 0 Å². The van der Waals surface area contributed by atoms with Gasteiger partial charge in [0.1, 0.15) is 0 Å². The fourth-order valence-corrected chi connectivity index (χ4v) is 1.52. The van der Waals surface area contributed by atoms with Crippen molar-refractivity contribution in [2.45, 2.75) is 13.8 Å². The molecule has 2 aromatic heterocycles. The Morgan fingerprint density at radius 2 is 2.00 bits per heavy atom. The summed E-state index contributed by atoms with van der Waals surface area (Å²) in [5.41, 5.74) is 4.07. The van der Waals surface area contributed by atoms with E-state index in [1.54, 1.807) is 12.5 Å². The normalized spacial score (nSPS) is 10.3. The van der Waals surface area contributed by atoms with E-state index in [1.807, 2.05) is 27.0 Å². The molecule has 0 aromatic carbocycles. The van der Waals surface area contributed by atoms with Crippen LogP contribution in [0.5, 0.6) is 0 Å². The van der Waals surface area contributed by atoms with Gasteiger partial charge in [-0.05, 0) is 31.0 Å². The highest BCUT2D eigenvalue weighted by molar-refractivity contribution is 5.65. The highest BCUT2D eigenvalue weighted by Crippen LogP contribution is 2.25. The number of nitrogens with one attached hydrogen (secondary N) is 1. The standard InChI is InChI=1S/C11H13N3O/c1-7-8(2)11(12-3)14-13-10(7)9-4-5-15-6-9/h4-6H,1-3H3,(H,12,14). The second-order valence-electron chi connectivity index (χ2n) is 3.41. The van der Waals surface area contributed by atoms with Crippen molar-refractivity contribution in [1.29, 1.82) is 0 Å². The summed E-state index contributed by atoms with van der Waals surface area (Å²) in [5, 5.41) is 11.3. The van der Waals surface area contributed by atoms with Gasteiger partial charge in [-0.15, -0.1) is 10.2 Å². The quantitative estimate of drug-likeness (QED) is 0.814. The fourth-order valence-electron chi connectivity index (χ4n) is 1.52. The Labute approximate surface area is 88.3 Å². The van der Waals surface area contributed by atoms with E-state index in [-0.39, 0.29) is 0 Å². The fraction of sp³-hybridized carbons (Fsp3) is 0.273. The van der Waals surface area contributed by atoms with E-state index in [1.165, 1.54) is 0 Å². The first-order valence-corrected chi connectivity index (χ1v) is 4.78. The van der Waals surface area contributed by atoms with Gasteiger partial charge in [-0.1, -0.05) is 0 Å². The lowest BCUT2D eigenvalue weighted by Gasteiger charge is -2.08. The molecule has 0 saturated carbocycles. The van der Waals surface area contributed by atoms with E-state index in [9.17, 15) is 0 Å². The second-order valence-corrected chi connectivity index (χ2v) is 3.41. The number of hydrogen-bond acceptors (Lipinski definition) is 4. The number of rotatable bonds is 2. The van der Waals surface area contributed by atoms with Crippen molar-refractivity contribution in [3.63, 3.8) is 0 Å². The van der Waals surface area contributed by atoms with Crippen LogP contribution in [0.4, 0.5) is 5.82 Å². The Hall–Kier alpha value is -1.84. The van der Waals surface area contributed by atoms with E-state index in [0.29, 0.717) is 0 Å². The summed E-state index contributed by atoms with van der Waals surface area (Å²) < 4.78 is 5.04. The van der Waals surface area contributed by atoms with Gasteiger partial charge in [0.25, 0.3) is 0 Å². The van der Waals surface area contributed by atoms with Crippen molar-refractivity contribution in [2.24, 2.45) is 0 Å². The minimum absolute atomic E-state index is 0.819. The number of aromatic nitrogens is 2. The molecule has 0 saturated heterocycles. The monoisotopic (exact) mass is 203 g/mol. The van der Waals surface area contributed by atoms with Crippen molar-refractivity contribution >= 4 is 5.82 Å². The number of anilines is 1. The van der Waals surface area contributed by atoms with Gasteiger partial charge in [0.15, 0.2) is 5.82 Å². The van der Waals surface area contributed by atoms with Crippen molar-refractivity contribution in [3.05, 3.63) is 29.7 Å². The zero-order valence-electron chi connectivity index (χ0n) is 9.03. The molecule has 2 aromatic rings. The van der Waals surface area contributed by atoms with Crippen LogP contribution in [0, 0.1) is 13.8 Å².